The summed E-state index contributed by atoms with van der Waals surface area (Å²) in [6, 6.07) is 77.4. The molecule has 10 aromatic rings. The molecule has 1 unspecified atom stereocenters. The van der Waals surface area contributed by atoms with Crippen molar-refractivity contribution < 1.29 is 22.0 Å². The number of anilines is 3. The standard InChI is InChI=1S/C61H38F5N/c62-56-55(57(63)59(65)60(66)58(56)64)42-27-32-46(33-28-42)61(45-20-8-3-9-21-45)52-25-12-10-24-50(52)51-38-44(31-36-53(51)61)43-19-14-22-48(37-43)67(47-34-29-40(30-35-47)39-15-4-1-5-16-39)54-26-13-11-23-49(54)41-17-6-2-7-18-41/h1-38H. The molecule has 0 spiro atoms. The zero-order valence-electron chi connectivity index (χ0n) is 35.8. The Balaban J connectivity index is 1.05. The molecular formula is C61H38F5N. The van der Waals surface area contributed by atoms with Gasteiger partial charge in [-0.3, -0.25) is 0 Å². The number of fused-ring (bicyclic) bond motifs is 3. The minimum Gasteiger partial charge on any atom is -0.310 e. The highest BCUT2D eigenvalue weighted by Gasteiger charge is 2.46. The molecule has 0 bridgehead atoms. The van der Waals surface area contributed by atoms with Crippen molar-refractivity contribution in [2.24, 2.45) is 0 Å². The largest absolute Gasteiger partial charge is 0.310 e. The van der Waals surface area contributed by atoms with E-state index < -0.39 is 40.1 Å². The van der Waals surface area contributed by atoms with E-state index in [2.05, 4.69) is 157 Å². The number of benzene rings is 10. The fourth-order valence-electron chi connectivity index (χ4n) is 9.90. The molecule has 0 heterocycles. The summed E-state index contributed by atoms with van der Waals surface area (Å²) < 4.78 is 73.0. The van der Waals surface area contributed by atoms with Crippen molar-refractivity contribution in [2.45, 2.75) is 5.41 Å². The second-order valence-electron chi connectivity index (χ2n) is 16.6. The third-order valence-corrected chi connectivity index (χ3v) is 13.0. The van der Waals surface area contributed by atoms with Gasteiger partial charge in [-0.1, -0.05) is 194 Å². The van der Waals surface area contributed by atoms with Crippen molar-refractivity contribution in [1.82, 2.24) is 0 Å². The quantitative estimate of drug-likeness (QED) is 0.0793. The van der Waals surface area contributed by atoms with E-state index in [1.54, 1.807) is 12.1 Å². The van der Waals surface area contributed by atoms with E-state index in [0.29, 0.717) is 0 Å². The highest BCUT2D eigenvalue weighted by molar-refractivity contribution is 5.92. The number of halogens is 5. The van der Waals surface area contributed by atoms with Gasteiger partial charge < -0.3 is 4.90 Å². The molecular weight excluding hydrogens is 842 g/mol. The maximum atomic E-state index is 15.1. The summed E-state index contributed by atoms with van der Waals surface area (Å²) >= 11 is 0. The molecule has 0 saturated carbocycles. The average Bonchev–Trinajstić information content (AvgIpc) is 3.69. The van der Waals surface area contributed by atoms with Gasteiger partial charge in [-0.15, -0.1) is 0 Å². The zero-order chi connectivity index (χ0) is 45.6. The van der Waals surface area contributed by atoms with Crippen molar-refractivity contribution in [3.63, 3.8) is 0 Å². The van der Waals surface area contributed by atoms with E-state index in [1.165, 1.54) is 12.1 Å². The van der Waals surface area contributed by atoms with Gasteiger partial charge in [0.1, 0.15) is 0 Å². The highest BCUT2D eigenvalue weighted by Crippen LogP contribution is 2.57. The molecule has 10 aromatic carbocycles. The van der Waals surface area contributed by atoms with Gasteiger partial charge >= 0.3 is 0 Å². The monoisotopic (exact) mass is 879 g/mol. The van der Waals surface area contributed by atoms with Crippen LogP contribution in [-0.2, 0) is 5.41 Å². The Hall–Kier alpha value is -8.35. The first-order valence-corrected chi connectivity index (χ1v) is 22.0. The summed E-state index contributed by atoms with van der Waals surface area (Å²) in [6.07, 6.45) is 0. The fraction of sp³-hybridized carbons (Fsp3) is 0.0164. The van der Waals surface area contributed by atoms with Gasteiger partial charge in [0, 0.05) is 16.9 Å². The molecule has 0 aromatic heterocycles. The van der Waals surface area contributed by atoms with Crippen molar-refractivity contribution in [1.29, 1.82) is 0 Å². The number of rotatable bonds is 9. The minimum atomic E-state index is -2.19. The molecule has 0 amide bonds. The van der Waals surface area contributed by atoms with E-state index in [-0.39, 0.29) is 5.56 Å². The third kappa shape index (κ3) is 6.92. The topological polar surface area (TPSA) is 3.24 Å². The Morgan fingerprint density at radius 1 is 0.284 bits per heavy atom. The van der Waals surface area contributed by atoms with Crippen LogP contribution in [0.4, 0.5) is 39.0 Å². The molecule has 0 saturated heterocycles. The lowest BCUT2D eigenvalue weighted by Crippen LogP contribution is -2.28. The first-order valence-electron chi connectivity index (χ1n) is 22.0. The van der Waals surface area contributed by atoms with Gasteiger partial charge in [-0.05, 0) is 103 Å². The molecule has 1 aliphatic carbocycles. The van der Waals surface area contributed by atoms with Gasteiger partial charge in [0.25, 0.3) is 0 Å². The average molecular weight is 880 g/mol. The van der Waals surface area contributed by atoms with Crippen LogP contribution in [0.1, 0.15) is 22.3 Å². The lowest BCUT2D eigenvalue weighted by molar-refractivity contribution is 0.381. The second-order valence-corrected chi connectivity index (χ2v) is 16.6. The normalized spacial score (nSPS) is 13.8. The molecule has 322 valence electrons. The van der Waals surface area contributed by atoms with Gasteiger partial charge in [-0.25, -0.2) is 22.0 Å². The van der Waals surface area contributed by atoms with Crippen LogP contribution < -0.4 is 4.90 Å². The summed E-state index contributed by atoms with van der Waals surface area (Å²) in [7, 11) is 0. The maximum Gasteiger partial charge on any atom is 0.200 e. The number of nitrogens with zero attached hydrogens (tertiary/aromatic N) is 1. The van der Waals surface area contributed by atoms with E-state index in [4.69, 9.17) is 0 Å². The van der Waals surface area contributed by atoms with Crippen molar-refractivity contribution in [2.75, 3.05) is 4.90 Å². The van der Waals surface area contributed by atoms with E-state index in [0.717, 1.165) is 83.8 Å². The van der Waals surface area contributed by atoms with E-state index >= 15 is 8.78 Å². The van der Waals surface area contributed by atoms with Crippen LogP contribution in [0.2, 0.25) is 0 Å². The van der Waals surface area contributed by atoms with Gasteiger partial charge in [0.05, 0.1) is 16.7 Å². The number of hydrogen-bond acceptors (Lipinski definition) is 1. The summed E-state index contributed by atoms with van der Waals surface area (Å²) in [4.78, 5) is 2.31. The summed E-state index contributed by atoms with van der Waals surface area (Å²) in [6.45, 7) is 0. The highest BCUT2D eigenvalue weighted by atomic mass is 19.2. The third-order valence-electron chi connectivity index (χ3n) is 13.0. The Labute approximate surface area is 385 Å². The summed E-state index contributed by atoms with van der Waals surface area (Å²) in [5, 5.41) is 0. The molecule has 0 fully saturated rings. The molecule has 1 nitrogen and oxygen atoms in total. The first kappa shape index (κ1) is 41.4. The fourth-order valence-corrected chi connectivity index (χ4v) is 9.90. The van der Waals surface area contributed by atoms with Crippen LogP contribution >= 0.6 is 0 Å². The zero-order valence-corrected chi connectivity index (χ0v) is 35.8. The van der Waals surface area contributed by atoms with Gasteiger partial charge in [-0.2, -0.15) is 0 Å². The van der Waals surface area contributed by atoms with Crippen LogP contribution in [0.25, 0.3) is 55.6 Å². The first-order chi connectivity index (χ1) is 32.8. The summed E-state index contributed by atoms with van der Waals surface area (Å²) in [5.74, 6) is -9.91. The molecule has 0 N–H and O–H groups in total. The molecule has 0 radical (unpaired) electrons. The lowest BCUT2D eigenvalue weighted by atomic mass is 9.67. The molecule has 1 aliphatic rings. The van der Waals surface area contributed by atoms with Crippen LogP contribution in [0, 0.1) is 29.1 Å². The SMILES string of the molecule is Fc1c(F)c(F)c(-c2ccc(C3(c4ccccc4)c4ccccc4-c4cc(-c5cccc(N(c6ccc(-c7ccccc7)cc6)c6ccccc6-c6ccccc6)c5)ccc43)cc2)c(F)c1F. The lowest BCUT2D eigenvalue weighted by Gasteiger charge is -2.34. The Kier molecular flexibility index (Phi) is 10.4. The predicted molar refractivity (Wildman–Crippen MR) is 260 cm³/mol. The van der Waals surface area contributed by atoms with Gasteiger partial charge in [0.15, 0.2) is 23.3 Å². The van der Waals surface area contributed by atoms with Crippen molar-refractivity contribution in [3.8, 4) is 55.6 Å². The smallest absolute Gasteiger partial charge is 0.200 e. The Bertz CT molecular complexity index is 3420. The van der Waals surface area contributed by atoms with Gasteiger partial charge in [0.2, 0.25) is 5.82 Å². The Morgan fingerprint density at radius 3 is 1.45 bits per heavy atom. The molecule has 11 rings (SSSR count). The minimum absolute atomic E-state index is 0.130. The van der Waals surface area contributed by atoms with Crippen LogP contribution in [-0.4, -0.2) is 0 Å². The molecule has 67 heavy (non-hydrogen) atoms. The predicted octanol–water partition coefficient (Wildman–Crippen LogP) is 16.9. The molecule has 1 atom stereocenters. The molecule has 0 aliphatic heterocycles. The number of hydrogen-bond donors (Lipinski definition) is 0. The summed E-state index contributed by atoms with van der Waals surface area (Å²) in [5.41, 5.74) is 13.2. The number of para-hydroxylation sites is 1. The van der Waals surface area contributed by atoms with E-state index in [1.807, 2.05) is 54.6 Å². The second kappa shape index (κ2) is 16.9. The molecule has 6 heteroatoms. The van der Waals surface area contributed by atoms with Crippen LogP contribution in [0.15, 0.2) is 231 Å². The van der Waals surface area contributed by atoms with Crippen molar-refractivity contribution in [3.05, 3.63) is 282 Å². The van der Waals surface area contributed by atoms with Crippen LogP contribution in [0.3, 0.4) is 0 Å². The van der Waals surface area contributed by atoms with Crippen LogP contribution in [0.5, 0.6) is 0 Å². The Morgan fingerprint density at radius 2 is 0.761 bits per heavy atom. The van der Waals surface area contributed by atoms with Crippen molar-refractivity contribution >= 4 is 17.1 Å². The maximum absolute atomic E-state index is 15.1. The van der Waals surface area contributed by atoms with E-state index in [9.17, 15) is 13.2 Å².